The fourth-order valence-corrected chi connectivity index (χ4v) is 7.37. The molecule has 0 fully saturated rings. The van der Waals surface area contributed by atoms with E-state index in [0.717, 1.165) is 101 Å². The van der Waals surface area contributed by atoms with E-state index in [1.54, 1.807) is 6.08 Å². The molecule has 4 aromatic heterocycles. The fraction of sp³-hybridized carbons (Fsp3) is 0. The number of benzene rings is 4. The third kappa shape index (κ3) is 5.60. The maximum absolute atomic E-state index is 11.7. The van der Waals surface area contributed by atoms with E-state index in [2.05, 4.69) is 159 Å². The van der Waals surface area contributed by atoms with Crippen molar-refractivity contribution in [1.29, 1.82) is 0 Å². The Hall–Kier alpha value is -7.11. The Morgan fingerprint density at radius 3 is 1.17 bits per heavy atom. The largest absolute Gasteiger partial charge is 0.354 e. The summed E-state index contributed by atoms with van der Waals surface area (Å²) in [6.45, 7) is 0. The first-order chi connectivity index (χ1) is 25.7. The first-order valence-corrected chi connectivity index (χ1v) is 17.4. The first-order valence-electron chi connectivity index (χ1n) is 17.4. The number of hydrogen-bond donors (Lipinski definition) is 4. The van der Waals surface area contributed by atoms with E-state index in [4.69, 9.17) is 0 Å². The molecule has 0 saturated carbocycles. The van der Waals surface area contributed by atoms with Gasteiger partial charge in [-0.15, -0.1) is 0 Å². The number of fused-ring (bicyclic) bond motifs is 8. The monoisotopic (exact) mass is 670 g/mol. The molecule has 5 nitrogen and oxygen atoms in total. The minimum Gasteiger partial charge on any atom is -0.354 e. The van der Waals surface area contributed by atoms with Gasteiger partial charge >= 0.3 is 0 Å². The van der Waals surface area contributed by atoms with Crippen LogP contribution in [0.3, 0.4) is 0 Å². The van der Waals surface area contributed by atoms with Gasteiger partial charge in [-0.1, -0.05) is 121 Å². The van der Waals surface area contributed by atoms with Crippen molar-refractivity contribution >= 4 is 34.7 Å². The topological polar surface area (TPSA) is 80.2 Å². The second-order valence-corrected chi connectivity index (χ2v) is 12.8. The molecular weight excluding hydrogens is 637 g/mol. The van der Waals surface area contributed by atoms with Crippen molar-refractivity contribution in [1.82, 2.24) is 19.9 Å². The van der Waals surface area contributed by atoms with Gasteiger partial charge in [0.25, 0.3) is 0 Å². The van der Waals surface area contributed by atoms with E-state index in [1.165, 1.54) is 0 Å². The van der Waals surface area contributed by atoms with Crippen LogP contribution in [0, 0.1) is 0 Å². The zero-order chi connectivity index (χ0) is 34.9. The molecule has 0 saturated heterocycles. The Balaban J connectivity index is 1.48. The maximum Gasteiger partial charge on any atom is 0.142 e. The van der Waals surface area contributed by atoms with E-state index in [-0.39, 0.29) is 0 Å². The highest BCUT2D eigenvalue weighted by molar-refractivity contribution is 5.86. The summed E-state index contributed by atoms with van der Waals surface area (Å²) in [5, 5.41) is 3.83. The lowest BCUT2D eigenvalue weighted by Crippen LogP contribution is -2.19. The predicted octanol–water partition coefficient (Wildman–Crippen LogP) is 6.51. The van der Waals surface area contributed by atoms with Crippen molar-refractivity contribution in [3.05, 3.63) is 242 Å². The second-order valence-electron chi connectivity index (χ2n) is 12.8. The summed E-state index contributed by atoms with van der Waals surface area (Å²) in [5.41, 5.74) is 13.2. The summed E-state index contributed by atoms with van der Waals surface area (Å²) in [6.07, 6.45) is 4.27. The first kappa shape index (κ1) is 30.9. The molecule has 1 aliphatic heterocycles. The Morgan fingerprint density at radius 1 is 0.365 bits per heavy atom. The Labute approximate surface area is 300 Å². The molecule has 0 unspecified atom stereocenters. The second kappa shape index (κ2) is 13.3. The van der Waals surface area contributed by atoms with Gasteiger partial charge in [0.1, 0.15) is 6.29 Å². The normalized spacial score (nSPS) is 12.8. The molecule has 0 atom stereocenters. The van der Waals surface area contributed by atoms with E-state index in [1.807, 2.05) is 30.3 Å². The van der Waals surface area contributed by atoms with E-state index in [9.17, 15) is 4.79 Å². The number of allylic oxidation sites excluding steroid dienone is 1. The number of aromatic amines is 4. The van der Waals surface area contributed by atoms with Crippen LogP contribution < -0.4 is 21.4 Å². The summed E-state index contributed by atoms with van der Waals surface area (Å²) in [6, 6.07) is 56.9. The van der Waals surface area contributed by atoms with E-state index in [0.29, 0.717) is 0 Å². The highest BCUT2D eigenvalue weighted by Crippen LogP contribution is 2.28. The fourth-order valence-electron chi connectivity index (χ4n) is 7.37. The van der Waals surface area contributed by atoms with Gasteiger partial charge in [-0.25, -0.2) is 0 Å². The van der Waals surface area contributed by atoms with Gasteiger partial charge in [0.2, 0.25) is 0 Å². The number of H-pyrrole nitrogens is 4. The van der Waals surface area contributed by atoms with Crippen LogP contribution in [-0.4, -0.2) is 26.2 Å². The zero-order valence-corrected chi connectivity index (χ0v) is 28.2. The molecule has 5 heteroatoms. The highest BCUT2D eigenvalue weighted by atomic mass is 16.1. The molecule has 4 aromatic carbocycles. The zero-order valence-electron chi connectivity index (χ0n) is 28.2. The SMILES string of the molecule is O=CC=Cc1cc2[nH]c1=C(c1ccccc1)c1ccc([nH]1)C(c1ccccc1)=c1ccc([nH]1)=C(c1ccccc1)c1ccc([nH]1)C=2c1ccccc1. The summed E-state index contributed by atoms with van der Waals surface area (Å²) >= 11 is 0. The van der Waals surface area contributed by atoms with Gasteiger partial charge in [-0.2, -0.15) is 0 Å². The quantitative estimate of drug-likeness (QED) is 0.118. The molecule has 248 valence electrons. The van der Waals surface area contributed by atoms with E-state index < -0.39 is 0 Å². The molecular formula is C47H34N4O. The third-order valence-corrected chi connectivity index (χ3v) is 9.65. The van der Waals surface area contributed by atoms with Gasteiger partial charge in [0.15, 0.2) is 0 Å². The van der Waals surface area contributed by atoms with Crippen molar-refractivity contribution < 1.29 is 4.79 Å². The average molecular weight is 671 g/mol. The Bertz CT molecular complexity index is 2830. The van der Waals surface area contributed by atoms with Crippen molar-refractivity contribution in [2.75, 3.05) is 0 Å². The highest BCUT2D eigenvalue weighted by Gasteiger charge is 2.19. The molecule has 0 spiro atoms. The van der Waals surface area contributed by atoms with Gasteiger partial charge in [-0.05, 0) is 76.9 Å². The molecule has 5 heterocycles. The molecule has 9 rings (SSSR count). The lowest BCUT2D eigenvalue weighted by Gasteiger charge is -2.10. The van der Waals surface area contributed by atoms with Crippen molar-refractivity contribution in [2.45, 2.75) is 0 Å². The minimum absolute atomic E-state index is 0.826. The number of aldehydes is 1. The van der Waals surface area contributed by atoms with Crippen LogP contribution in [0.15, 0.2) is 170 Å². The van der Waals surface area contributed by atoms with Crippen LogP contribution >= 0.6 is 0 Å². The molecule has 0 aliphatic carbocycles. The number of carbonyl (C=O) groups is 1. The third-order valence-electron chi connectivity index (χ3n) is 9.65. The molecule has 0 amide bonds. The smallest absolute Gasteiger partial charge is 0.142 e. The van der Waals surface area contributed by atoms with Crippen LogP contribution in [0.5, 0.6) is 0 Å². The van der Waals surface area contributed by atoms with Gasteiger partial charge in [-0.3, -0.25) is 4.79 Å². The maximum atomic E-state index is 11.7. The Kier molecular flexibility index (Phi) is 7.91. The number of hydrogen-bond acceptors (Lipinski definition) is 1. The van der Waals surface area contributed by atoms with Crippen molar-refractivity contribution in [2.24, 2.45) is 0 Å². The number of aromatic nitrogens is 4. The summed E-state index contributed by atoms with van der Waals surface area (Å²) in [4.78, 5) is 27.1. The summed E-state index contributed by atoms with van der Waals surface area (Å²) in [5.74, 6) is 0. The molecule has 8 bridgehead atoms. The van der Waals surface area contributed by atoms with Crippen LogP contribution in [0.1, 0.15) is 50.6 Å². The van der Waals surface area contributed by atoms with Crippen molar-refractivity contribution in [3.63, 3.8) is 0 Å². The summed E-state index contributed by atoms with van der Waals surface area (Å²) < 4.78 is 0. The van der Waals surface area contributed by atoms with E-state index >= 15 is 0 Å². The Morgan fingerprint density at radius 2 is 0.750 bits per heavy atom. The number of rotatable bonds is 6. The van der Waals surface area contributed by atoms with Crippen LogP contribution in [-0.2, 0) is 4.79 Å². The van der Waals surface area contributed by atoms with Gasteiger partial charge in [0, 0.05) is 66.7 Å². The van der Waals surface area contributed by atoms with Crippen molar-refractivity contribution in [3.8, 4) is 0 Å². The van der Waals surface area contributed by atoms with Gasteiger partial charge in [0.05, 0.1) is 5.35 Å². The van der Waals surface area contributed by atoms with Crippen LogP contribution in [0.4, 0.5) is 0 Å². The number of carbonyl (C=O) groups excluding carboxylic acids is 1. The van der Waals surface area contributed by atoms with Crippen LogP contribution in [0.25, 0.3) is 28.4 Å². The average Bonchev–Trinajstić information content (AvgIpc) is 4.03. The molecule has 52 heavy (non-hydrogen) atoms. The standard InChI is InChI=1S/C47H34N4O/c52-29-13-22-35-30-42-45(33-18-9-3-10-19-33)40-26-25-38(49-40)43(31-14-5-1-6-15-31)36-23-24-37(48-36)44(32-16-7-2-8-17-32)39-27-28-41(50-39)46(47(35)51-42)34-20-11-4-12-21-34/h1-30,48-51H. The molecule has 1 aliphatic rings. The molecule has 4 N–H and O–H groups in total. The number of nitrogens with one attached hydrogen (secondary N) is 4. The molecule has 8 aromatic rings. The minimum atomic E-state index is 0.826. The van der Waals surface area contributed by atoms with Crippen LogP contribution in [0.2, 0.25) is 0 Å². The van der Waals surface area contributed by atoms with Gasteiger partial charge < -0.3 is 19.9 Å². The molecule has 0 radical (unpaired) electrons. The summed E-state index contributed by atoms with van der Waals surface area (Å²) in [7, 11) is 0. The predicted molar refractivity (Wildman–Crippen MR) is 209 cm³/mol. The lowest BCUT2D eigenvalue weighted by molar-refractivity contribution is -0.104. The lowest BCUT2D eigenvalue weighted by atomic mass is 10.0.